The molecule has 3 aromatic rings. The lowest BCUT2D eigenvalue weighted by atomic mass is 9.98. The van der Waals surface area contributed by atoms with E-state index < -0.39 is 35.2 Å². The highest BCUT2D eigenvalue weighted by Crippen LogP contribution is 2.24. The zero-order valence-electron chi connectivity index (χ0n) is 16.4. The van der Waals surface area contributed by atoms with Gasteiger partial charge in [0.2, 0.25) is 0 Å². The minimum absolute atomic E-state index is 0.0501. The molecule has 4 N–H and O–H groups in total. The summed E-state index contributed by atoms with van der Waals surface area (Å²) in [5, 5.41) is 13.3. The van der Waals surface area contributed by atoms with Gasteiger partial charge in [-0.05, 0) is 26.0 Å². The first-order valence-corrected chi connectivity index (χ1v) is 8.54. The Balaban J connectivity index is 0.000000451. The van der Waals surface area contributed by atoms with Crippen molar-refractivity contribution in [3.8, 4) is 5.69 Å². The van der Waals surface area contributed by atoms with Gasteiger partial charge in [0.25, 0.3) is 5.91 Å². The molecule has 172 valence electrons. The molecule has 1 amide bonds. The molecule has 0 aliphatic carbocycles. The fourth-order valence-electron chi connectivity index (χ4n) is 2.34. The predicted octanol–water partition coefficient (Wildman–Crippen LogP) is 3.22. The molecule has 2 aromatic heterocycles. The van der Waals surface area contributed by atoms with Crippen LogP contribution in [0.3, 0.4) is 0 Å². The van der Waals surface area contributed by atoms with Gasteiger partial charge in [-0.1, -0.05) is 5.16 Å². The molecule has 32 heavy (non-hydrogen) atoms. The second kappa shape index (κ2) is 9.13. The van der Waals surface area contributed by atoms with E-state index in [9.17, 15) is 26.7 Å². The standard InChI is InChI=1S/C16H15F2N5O2.C2HF3O2/c1-16(2,19)14-10(7-25-22-14)15(24)21-9-5-11(17)13(12(18)6-9)23-4-3-20-8-23;3-2(4,5)1(6)7/h3-8H,19H2,1-2H3,(H,21,24);(H,6,7). The zero-order chi connectivity index (χ0) is 24.3. The fourth-order valence-corrected chi connectivity index (χ4v) is 2.34. The van der Waals surface area contributed by atoms with Crippen molar-refractivity contribution in [1.29, 1.82) is 0 Å². The monoisotopic (exact) mass is 461 g/mol. The lowest BCUT2D eigenvalue weighted by Crippen LogP contribution is -2.32. The molecule has 14 heteroatoms. The summed E-state index contributed by atoms with van der Waals surface area (Å²) in [4.78, 5) is 25.0. The molecule has 0 unspecified atom stereocenters. The molecule has 0 saturated heterocycles. The Kier molecular flexibility index (Phi) is 6.98. The van der Waals surface area contributed by atoms with Crippen LogP contribution in [0.15, 0.2) is 41.6 Å². The first kappa shape index (κ1) is 24.5. The Morgan fingerprint density at radius 1 is 1.19 bits per heavy atom. The summed E-state index contributed by atoms with van der Waals surface area (Å²) in [5.74, 6) is -5.09. The molecular weight excluding hydrogens is 445 g/mol. The highest BCUT2D eigenvalue weighted by atomic mass is 19.4. The summed E-state index contributed by atoms with van der Waals surface area (Å²) < 4.78 is 66.2. The van der Waals surface area contributed by atoms with E-state index in [1.807, 2.05) is 0 Å². The SMILES string of the molecule is CC(C)(N)c1nocc1C(=O)Nc1cc(F)c(-n2ccnc2)c(F)c1.O=C(O)C(F)(F)F. The van der Waals surface area contributed by atoms with Gasteiger partial charge in [-0.25, -0.2) is 18.6 Å². The number of nitrogens with zero attached hydrogens (tertiary/aromatic N) is 3. The first-order chi connectivity index (χ1) is 14.7. The zero-order valence-corrected chi connectivity index (χ0v) is 16.4. The maximum absolute atomic E-state index is 14.2. The van der Waals surface area contributed by atoms with E-state index in [0.29, 0.717) is 0 Å². The van der Waals surface area contributed by atoms with Crippen molar-refractivity contribution in [3.63, 3.8) is 0 Å². The first-order valence-electron chi connectivity index (χ1n) is 8.54. The van der Waals surface area contributed by atoms with Crippen molar-refractivity contribution >= 4 is 17.6 Å². The maximum Gasteiger partial charge on any atom is 0.490 e. The van der Waals surface area contributed by atoms with Crippen LogP contribution in [-0.4, -0.2) is 37.9 Å². The van der Waals surface area contributed by atoms with Gasteiger partial charge in [-0.3, -0.25) is 4.79 Å². The molecule has 0 spiro atoms. The average molecular weight is 461 g/mol. The molecule has 2 heterocycles. The number of carboxylic acid groups (broad SMARTS) is 1. The van der Waals surface area contributed by atoms with Crippen LogP contribution in [0.5, 0.6) is 0 Å². The van der Waals surface area contributed by atoms with Crippen molar-refractivity contribution in [1.82, 2.24) is 14.7 Å². The smallest absolute Gasteiger partial charge is 0.475 e. The largest absolute Gasteiger partial charge is 0.490 e. The van der Waals surface area contributed by atoms with Gasteiger partial charge >= 0.3 is 12.1 Å². The summed E-state index contributed by atoms with van der Waals surface area (Å²) >= 11 is 0. The third-order valence-corrected chi connectivity index (χ3v) is 3.70. The lowest BCUT2D eigenvalue weighted by molar-refractivity contribution is -0.192. The number of aromatic nitrogens is 3. The molecular formula is C18H16F5N5O4. The number of amides is 1. The molecule has 0 aliphatic rings. The van der Waals surface area contributed by atoms with Gasteiger partial charge in [0, 0.05) is 18.1 Å². The Morgan fingerprint density at radius 3 is 2.19 bits per heavy atom. The van der Waals surface area contributed by atoms with E-state index >= 15 is 0 Å². The van der Waals surface area contributed by atoms with Crippen LogP contribution in [0.4, 0.5) is 27.6 Å². The third-order valence-electron chi connectivity index (χ3n) is 3.70. The number of hydrogen-bond donors (Lipinski definition) is 3. The summed E-state index contributed by atoms with van der Waals surface area (Å²) in [7, 11) is 0. The second-order valence-electron chi connectivity index (χ2n) is 6.81. The van der Waals surface area contributed by atoms with Gasteiger partial charge in [-0.15, -0.1) is 0 Å². The van der Waals surface area contributed by atoms with Crippen molar-refractivity contribution in [2.75, 3.05) is 5.32 Å². The van der Waals surface area contributed by atoms with Crippen LogP contribution in [0.25, 0.3) is 5.69 Å². The summed E-state index contributed by atoms with van der Waals surface area (Å²) in [6.45, 7) is 3.31. The third kappa shape index (κ3) is 5.87. The van der Waals surface area contributed by atoms with Crippen LogP contribution < -0.4 is 11.1 Å². The van der Waals surface area contributed by atoms with Gasteiger partial charge in [0.1, 0.15) is 23.2 Å². The van der Waals surface area contributed by atoms with E-state index in [1.165, 1.54) is 23.3 Å². The lowest BCUT2D eigenvalue weighted by Gasteiger charge is -2.16. The molecule has 3 rings (SSSR count). The highest BCUT2D eigenvalue weighted by molar-refractivity contribution is 6.05. The minimum Gasteiger partial charge on any atom is -0.475 e. The number of carboxylic acids is 1. The van der Waals surface area contributed by atoms with E-state index in [-0.39, 0.29) is 22.6 Å². The molecule has 0 fully saturated rings. The summed E-state index contributed by atoms with van der Waals surface area (Å²) in [5.41, 5.74) is 5.00. The van der Waals surface area contributed by atoms with E-state index in [1.54, 1.807) is 13.8 Å². The minimum atomic E-state index is -5.08. The van der Waals surface area contributed by atoms with E-state index in [2.05, 4.69) is 15.5 Å². The number of carbonyl (C=O) groups excluding carboxylic acids is 1. The van der Waals surface area contributed by atoms with Crippen molar-refractivity contribution in [2.45, 2.75) is 25.6 Å². The van der Waals surface area contributed by atoms with Gasteiger partial charge < -0.3 is 25.2 Å². The molecule has 9 nitrogen and oxygen atoms in total. The number of anilines is 1. The van der Waals surface area contributed by atoms with Gasteiger partial charge in [-0.2, -0.15) is 13.2 Å². The Hall–Kier alpha value is -3.81. The molecule has 1 aromatic carbocycles. The number of alkyl halides is 3. The van der Waals surface area contributed by atoms with Crippen molar-refractivity contribution in [3.05, 3.63) is 60.0 Å². The number of nitrogens with one attached hydrogen (secondary N) is 1. The number of hydrogen-bond acceptors (Lipinski definition) is 6. The number of nitrogens with two attached hydrogens (primary N) is 1. The van der Waals surface area contributed by atoms with Crippen LogP contribution in [0, 0.1) is 11.6 Å². The number of imidazole rings is 1. The number of carbonyl (C=O) groups is 2. The molecule has 0 radical (unpaired) electrons. The number of halogens is 5. The normalized spacial score (nSPS) is 11.5. The Bertz CT molecular complexity index is 1080. The number of benzene rings is 1. The Labute approximate surface area is 176 Å². The average Bonchev–Trinajstić information content (AvgIpc) is 3.32. The quantitative estimate of drug-likeness (QED) is 0.508. The van der Waals surface area contributed by atoms with Crippen LogP contribution >= 0.6 is 0 Å². The van der Waals surface area contributed by atoms with Crippen molar-refractivity contribution < 1.29 is 41.2 Å². The predicted molar refractivity (Wildman–Crippen MR) is 98.8 cm³/mol. The summed E-state index contributed by atoms with van der Waals surface area (Å²) in [6, 6.07) is 2.02. The highest BCUT2D eigenvalue weighted by Gasteiger charge is 2.38. The number of rotatable bonds is 4. The summed E-state index contributed by atoms with van der Waals surface area (Å²) in [6.07, 6.45) is 0.126. The van der Waals surface area contributed by atoms with E-state index in [0.717, 1.165) is 18.4 Å². The van der Waals surface area contributed by atoms with Crippen LogP contribution in [0.2, 0.25) is 0 Å². The van der Waals surface area contributed by atoms with Crippen LogP contribution in [-0.2, 0) is 10.3 Å². The molecule has 0 bridgehead atoms. The van der Waals surface area contributed by atoms with E-state index in [4.69, 9.17) is 20.2 Å². The second-order valence-corrected chi connectivity index (χ2v) is 6.81. The fraction of sp³-hybridized carbons (Fsp3) is 0.222. The molecule has 0 atom stereocenters. The molecule has 0 saturated carbocycles. The molecule has 0 aliphatic heterocycles. The van der Waals surface area contributed by atoms with Gasteiger partial charge in [0.05, 0.1) is 11.9 Å². The van der Waals surface area contributed by atoms with Crippen molar-refractivity contribution in [2.24, 2.45) is 5.73 Å². The maximum atomic E-state index is 14.2. The van der Waals surface area contributed by atoms with Crippen LogP contribution in [0.1, 0.15) is 29.9 Å². The number of aliphatic carboxylic acids is 1. The Morgan fingerprint density at radius 2 is 1.75 bits per heavy atom. The van der Waals surface area contributed by atoms with Gasteiger partial charge in [0.15, 0.2) is 11.6 Å². The topological polar surface area (TPSA) is 136 Å².